The van der Waals surface area contributed by atoms with E-state index in [4.69, 9.17) is 16.7 Å². The lowest BCUT2D eigenvalue weighted by molar-refractivity contribution is -0.137. The highest BCUT2D eigenvalue weighted by Gasteiger charge is 2.16. The van der Waals surface area contributed by atoms with Crippen LogP contribution in [0.2, 0.25) is 5.02 Å². The number of carboxylic acids is 1. The van der Waals surface area contributed by atoms with E-state index in [9.17, 15) is 13.2 Å². The molecule has 0 saturated heterocycles. The molecule has 0 bridgehead atoms. The van der Waals surface area contributed by atoms with Crippen molar-refractivity contribution in [3.8, 4) is 0 Å². The number of hydrogen-bond acceptors (Lipinski definition) is 3. The molecule has 5 nitrogen and oxygen atoms in total. The van der Waals surface area contributed by atoms with Crippen LogP contribution in [0.4, 0.5) is 0 Å². The summed E-state index contributed by atoms with van der Waals surface area (Å²) < 4.78 is 25.9. The lowest BCUT2D eigenvalue weighted by Gasteiger charge is -2.12. The second-order valence-electron chi connectivity index (χ2n) is 4.22. The van der Waals surface area contributed by atoms with Crippen molar-refractivity contribution < 1.29 is 18.3 Å². The van der Waals surface area contributed by atoms with Gasteiger partial charge in [0.25, 0.3) is 0 Å². The van der Waals surface area contributed by atoms with Gasteiger partial charge in [-0.2, -0.15) is 0 Å². The third kappa shape index (κ3) is 6.18. The first-order chi connectivity index (χ1) is 9.32. The monoisotopic (exact) mass is 317 g/mol. The van der Waals surface area contributed by atoms with Gasteiger partial charge >= 0.3 is 5.97 Å². The second kappa shape index (κ2) is 7.42. The van der Waals surface area contributed by atoms with Gasteiger partial charge in [-0.05, 0) is 30.2 Å². The number of benzene rings is 1. The number of carboxylic acid groups (broad SMARTS) is 1. The quantitative estimate of drug-likeness (QED) is 0.809. The molecule has 2 N–H and O–H groups in total. The largest absolute Gasteiger partial charge is 0.481 e. The molecule has 110 valence electrons. The molecule has 0 saturated carbocycles. The molecular weight excluding hydrogens is 302 g/mol. The maximum absolute atomic E-state index is 11.8. The summed E-state index contributed by atoms with van der Waals surface area (Å²) in [6.45, 7) is 1.72. The van der Waals surface area contributed by atoms with Crippen molar-refractivity contribution in [2.24, 2.45) is 0 Å². The Morgan fingerprint density at radius 3 is 2.50 bits per heavy atom. The van der Waals surface area contributed by atoms with Crippen molar-refractivity contribution in [3.63, 3.8) is 0 Å². The van der Waals surface area contributed by atoms with Gasteiger partial charge in [0.15, 0.2) is 0 Å². The molecule has 0 amide bonds. The number of hydrogen-bond donors (Lipinski definition) is 2. The number of aliphatic carboxylic acids is 1. The highest BCUT2D eigenvalue weighted by Crippen LogP contribution is 2.11. The molecule has 1 unspecified atom stereocenters. The van der Waals surface area contributed by atoms with Gasteiger partial charge in [-0.1, -0.05) is 30.7 Å². The normalized spacial score (nSPS) is 13.5. The van der Waals surface area contributed by atoms with E-state index in [2.05, 4.69) is 4.72 Å². The Bertz CT molecular complexity index is 581. The van der Waals surface area contributed by atoms with Crippen LogP contribution in [0.25, 0.3) is 6.08 Å². The van der Waals surface area contributed by atoms with Crippen LogP contribution in [0, 0.1) is 0 Å². The second-order valence-corrected chi connectivity index (χ2v) is 6.25. The van der Waals surface area contributed by atoms with Crippen molar-refractivity contribution in [1.82, 2.24) is 4.72 Å². The Hall–Kier alpha value is -1.37. The van der Waals surface area contributed by atoms with Crippen molar-refractivity contribution in [2.45, 2.75) is 25.8 Å². The number of nitrogens with one attached hydrogen (secondary N) is 1. The minimum Gasteiger partial charge on any atom is -0.481 e. The summed E-state index contributed by atoms with van der Waals surface area (Å²) in [6.07, 6.45) is 1.58. The molecule has 1 aromatic rings. The Morgan fingerprint density at radius 2 is 2.00 bits per heavy atom. The molecule has 7 heteroatoms. The average molecular weight is 318 g/mol. The molecule has 0 spiro atoms. The van der Waals surface area contributed by atoms with Gasteiger partial charge in [0, 0.05) is 16.5 Å². The lowest BCUT2D eigenvalue weighted by atomic mass is 10.2. The number of rotatable bonds is 7. The van der Waals surface area contributed by atoms with Crippen LogP contribution in [0.3, 0.4) is 0 Å². The first-order valence-electron chi connectivity index (χ1n) is 6.00. The Kier molecular flexibility index (Phi) is 6.19. The van der Waals surface area contributed by atoms with Crippen LogP contribution in [-0.2, 0) is 14.8 Å². The standard InChI is InChI=1S/C13H16ClNO4S/c1-2-12(9-13(16)17)15-20(18,19)8-7-10-3-5-11(14)6-4-10/h3-8,12,15H,2,9H2,1H3,(H,16,17)/b8-7+. The molecule has 0 aliphatic heterocycles. The van der Waals surface area contributed by atoms with Gasteiger partial charge < -0.3 is 5.11 Å². The van der Waals surface area contributed by atoms with E-state index in [1.165, 1.54) is 6.08 Å². The van der Waals surface area contributed by atoms with Crippen molar-refractivity contribution in [3.05, 3.63) is 40.3 Å². The molecule has 0 heterocycles. The van der Waals surface area contributed by atoms with E-state index in [-0.39, 0.29) is 6.42 Å². The van der Waals surface area contributed by atoms with Crippen molar-refractivity contribution >= 4 is 33.7 Å². The Balaban J connectivity index is 2.73. The molecule has 0 aliphatic rings. The van der Waals surface area contributed by atoms with Crippen LogP contribution >= 0.6 is 11.6 Å². The van der Waals surface area contributed by atoms with Crippen molar-refractivity contribution in [2.75, 3.05) is 0 Å². The molecule has 1 aromatic carbocycles. The molecule has 0 radical (unpaired) electrons. The summed E-state index contributed by atoms with van der Waals surface area (Å²) in [5.41, 5.74) is 0.686. The van der Waals surface area contributed by atoms with E-state index in [1.54, 1.807) is 31.2 Å². The Morgan fingerprint density at radius 1 is 1.40 bits per heavy atom. The summed E-state index contributed by atoms with van der Waals surface area (Å²) in [5.74, 6) is -1.04. The Labute approximate surface area is 123 Å². The zero-order valence-corrected chi connectivity index (χ0v) is 12.5. The average Bonchev–Trinajstić information content (AvgIpc) is 2.36. The van der Waals surface area contributed by atoms with E-state index >= 15 is 0 Å². The van der Waals surface area contributed by atoms with Gasteiger partial charge in [0.2, 0.25) is 10.0 Å². The minimum absolute atomic E-state index is 0.246. The van der Waals surface area contributed by atoms with Crippen LogP contribution in [-0.4, -0.2) is 25.5 Å². The van der Waals surface area contributed by atoms with Crippen LogP contribution in [0.1, 0.15) is 25.3 Å². The fourth-order valence-electron chi connectivity index (χ4n) is 1.49. The summed E-state index contributed by atoms with van der Waals surface area (Å²) in [4.78, 5) is 10.6. The molecule has 0 fully saturated rings. The highest BCUT2D eigenvalue weighted by molar-refractivity contribution is 7.92. The van der Waals surface area contributed by atoms with E-state index in [0.717, 1.165) is 5.41 Å². The lowest BCUT2D eigenvalue weighted by Crippen LogP contribution is -2.34. The molecular formula is C13H16ClNO4S. The highest BCUT2D eigenvalue weighted by atomic mass is 35.5. The molecule has 1 atom stereocenters. The smallest absolute Gasteiger partial charge is 0.304 e. The predicted molar refractivity (Wildman–Crippen MR) is 78.9 cm³/mol. The molecule has 0 aromatic heterocycles. The van der Waals surface area contributed by atoms with Crippen molar-refractivity contribution in [1.29, 1.82) is 0 Å². The van der Waals surface area contributed by atoms with Gasteiger partial charge in [0.05, 0.1) is 6.42 Å². The fraction of sp³-hybridized carbons (Fsp3) is 0.308. The van der Waals surface area contributed by atoms with Gasteiger partial charge in [0.1, 0.15) is 0 Å². The zero-order chi connectivity index (χ0) is 15.2. The SMILES string of the molecule is CCC(CC(=O)O)NS(=O)(=O)/C=C/c1ccc(Cl)cc1. The fourth-order valence-corrected chi connectivity index (χ4v) is 2.75. The van der Waals surface area contributed by atoms with Crippen LogP contribution in [0.15, 0.2) is 29.7 Å². The third-order valence-electron chi connectivity index (χ3n) is 2.55. The maximum atomic E-state index is 11.8. The summed E-state index contributed by atoms with van der Waals surface area (Å²) in [5, 5.41) is 10.3. The summed E-state index contributed by atoms with van der Waals surface area (Å²) >= 11 is 5.73. The van der Waals surface area contributed by atoms with Crippen LogP contribution in [0.5, 0.6) is 0 Å². The topological polar surface area (TPSA) is 83.5 Å². The number of halogens is 1. The maximum Gasteiger partial charge on any atom is 0.304 e. The number of carbonyl (C=O) groups is 1. The predicted octanol–water partition coefficient (Wildman–Crippen LogP) is 2.48. The van der Waals surface area contributed by atoms with Gasteiger partial charge in [-0.25, -0.2) is 13.1 Å². The molecule has 1 rings (SSSR count). The molecule has 20 heavy (non-hydrogen) atoms. The third-order valence-corrected chi connectivity index (χ3v) is 3.96. The summed E-state index contributed by atoms with van der Waals surface area (Å²) in [7, 11) is -3.67. The van der Waals surface area contributed by atoms with Gasteiger partial charge in [-0.15, -0.1) is 0 Å². The number of sulfonamides is 1. The van der Waals surface area contributed by atoms with E-state index in [1.807, 2.05) is 0 Å². The van der Waals surface area contributed by atoms with E-state index < -0.39 is 22.0 Å². The van der Waals surface area contributed by atoms with E-state index in [0.29, 0.717) is 17.0 Å². The van der Waals surface area contributed by atoms with Crippen LogP contribution < -0.4 is 4.72 Å². The zero-order valence-electron chi connectivity index (χ0n) is 10.9. The summed E-state index contributed by atoms with van der Waals surface area (Å²) in [6, 6.07) is 6.06. The van der Waals surface area contributed by atoms with Gasteiger partial charge in [-0.3, -0.25) is 4.79 Å². The minimum atomic E-state index is -3.67. The first kappa shape index (κ1) is 16.7. The molecule has 0 aliphatic carbocycles. The first-order valence-corrected chi connectivity index (χ1v) is 7.92.